The van der Waals surface area contributed by atoms with Crippen molar-refractivity contribution in [2.24, 2.45) is 0 Å². The van der Waals surface area contributed by atoms with Crippen molar-refractivity contribution >= 4 is 45.2 Å². The summed E-state index contributed by atoms with van der Waals surface area (Å²) in [6, 6.07) is 6.22. The molecule has 3 heterocycles. The van der Waals surface area contributed by atoms with E-state index in [1.165, 1.54) is 6.33 Å². The number of benzene rings is 1. The molecule has 0 spiro atoms. The van der Waals surface area contributed by atoms with E-state index < -0.39 is 24.1 Å². The SMILES string of the molecule is Nc1nc2c(F)c(CCC3=CC(n4ccc5c(N)ncnc54)C(O)C3O)ccc2cc1Cl. The Morgan fingerprint density at radius 1 is 1.09 bits per heavy atom. The van der Waals surface area contributed by atoms with Crippen LogP contribution in [-0.4, -0.2) is 41.9 Å². The first-order valence-corrected chi connectivity index (χ1v) is 10.4. The van der Waals surface area contributed by atoms with E-state index in [0.29, 0.717) is 46.2 Å². The van der Waals surface area contributed by atoms with Crippen LogP contribution in [0.25, 0.3) is 21.9 Å². The number of aliphatic hydroxyl groups excluding tert-OH is 2. The van der Waals surface area contributed by atoms with E-state index in [4.69, 9.17) is 23.1 Å². The van der Waals surface area contributed by atoms with Gasteiger partial charge in [0.25, 0.3) is 0 Å². The van der Waals surface area contributed by atoms with Gasteiger partial charge < -0.3 is 26.2 Å². The van der Waals surface area contributed by atoms with Gasteiger partial charge in [-0.1, -0.05) is 29.8 Å². The summed E-state index contributed by atoms with van der Waals surface area (Å²) < 4.78 is 16.8. The van der Waals surface area contributed by atoms with E-state index in [9.17, 15) is 10.2 Å². The van der Waals surface area contributed by atoms with Crippen molar-refractivity contribution in [3.8, 4) is 0 Å². The fourth-order valence-corrected chi connectivity index (χ4v) is 4.40. The quantitative estimate of drug-likeness (QED) is 0.348. The minimum Gasteiger partial charge on any atom is -0.388 e. The van der Waals surface area contributed by atoms with Gasteiger partial charge in [-0.15, -0.1) is 0 Å². The van der Waals surface area contributed by atoms with Crippen LogP contribution in [0.2, 0.25) is 5.02 Å². The smallest absolute Gasteiger partial charge is 0.152 e. The van der Waals surface area contributed by atoms with E-state index in [1.54, 1.807) is 41.1 Å². The summed E-state index contributed by atoms with van der Waals surface area (Å²) in [5.41, 5.74) is 13.4. The third kappa shape index (κ3) is 3.26. The van der Waals surface area contributed by atoms with Crippen LogP contribution in [0.4, 0.5) is 16.0 Å². The van der Waals surface area contributed by atoms with Gasteiger partial charge in [0.15, 0.2) is 5.82 Å². The summed E-state index contributed by atoms with van der Waals surface area (Å²) in [5, 5.41) is 22.8. The molecule has 0 saturated heterocycles. The van der Waals surface area contributed by atoms with Crippen molar-refractivity contribution in [1.82, 2.24) is 19.5 Å². The number of hydrogen-bond donors (Lipinski definition) is 4. The fourth-order valence-electron chi connectivity index (χ4n) is 4.24. The van der Waals surface area contributed by atoms with Crippen LogP contribution in [0.5, 0.6) is 0 Å². The van der Waals surface area contributed by atoms with Gasteiger partial charge in [-0.25, -0.2) is 19.3 Å². The molecule has 5 rings (SSSR count). The Morgan fingerprint density at radius 3 is 2.72 bits per heavy atom. The molecule has 1 aromatic carbocycles. The summed E-state index contributed by atoms with van der Waals surface area (Å²) >= 11 is 5.97. The van der Waals surface area contributed by atoms with Crippen molar-refractivity contribution in [1.29, 1.82) is 0 Å². The van der Waals surface area contributed by atoms with Crippen LogP contribution in [0.15, 0.2) is 48.4 Å². The summed E-state index contributed by atoms with van der Waals surface area (Å²) in [6.45, 7) is 0. The first kappa shape index (κ1) is 20.6. The molecule has 164 valence electrons. The minimum absolute atomic E-state index is 0.0681. The molecule has 3 unspecified atom stereocenters. The lowest BCUT2D eigenvalue weighted by molar-refractivity contribution is 0.0317. The highest BCUT2D eigenvalue weighted by Gasteiger charge is 2.36. The average molecular weight is 455 g/mol. The number of rotatable bonds is 4. The molecule has 4 aromatic rings. The number of aryl methyl sites for hydroxylation is 1. The molecule has 0 radical (unpaired) electrons. The number of anilines is 2. The molecule has 1 aliphatic carbocycles. The zero-order valence-electron chi connectivity index (χ0n) is 16.8. The summed E-state index contributed by atoms with van der Waals surface area (Å²) in [5.74, 6) is -0.0635. The minimum atomic E-state index is -1.08. The Kier molecular flexibility index (Phi) is 4.96. The van der Waals surface area contributed by atoms with Gasteiger partial charge in [-0.05, 0) is 36.1 Å². The maximum absolute atomic E-state index is 15.0. The number of nitrogen functional groups attached to an aromatic ring is 2. The monoisotopic (exact) mass is 454 g/mol. The second-order valence-corrected chi connectivity index (χ2v) is 8.26. The standard InChI is InChI=1S/C22H20ClFN6O2/c23-14-7-11-3-1-10(16(24)17(11)29-21(14)26)2-4-12-8-15(19(32)18(12)31)30-6-5-13-20(25)27-9-28-22(13)30/h1,3,5-9,15,18-19,31-32H,2,4H2,(H2,26,29)(H2,25,27,28). The van der Waals surface area contributed by atoms with Gasteiger partial charge in [0.05, 0.1) is 16.5 Å². The number of aliphatic hydroxyl groups is 2. The average Bonchev–Trinajstić information content (AvgIpc) is 3.32. The molecule has 0 amide bonds. The maximum atomic E-state index is 15.0. The lowest BCUT2D eigenvalue weighted by atomic mass is 10.0. The molecule has 1 aliphatic rings. The molecule has 0 saturated carbocycles. The molecule has 0 bridgehead atoms. The largest absolute Gasteiger partial charge is 0.388 e. The highest BCUT2D eigenvalue weighted by Crippen LogP contribution is 2.35. The lowest BCUT2D eigenvalue weighted by Gasteiger charge is -2.19. The van der Waals surface area contributed by atoms with Crippen LogP contribution in [0.3, 0.4) is 0 Å². The number of aromatic nitrogens is 4. The van der Waals surface area contributed by atoms with Crippen LogP contribution < -0.4 is 11.5 Å². The van der Waals surface area contributed by atoms with Crippen LogP contribution in [0, 0.1) is 5.82 Å². The number of fused-ring (bicyclic) bond motifs is 2. The van der Waals surface area contributed by atoms with E-state index in [0.717, 1.165) is 0 Å². The Bertz CT molecular complexity index is 1390. The van der Waals surface area contributed by atoms with E-state index >= 15 is 4.39 Å². The number of hydrogen-bond acceptors (Lipinski definition) is 7. The molecule has 0 aliphatic heterocycles. The van der Waals surface area contributed by atoms with E-state index in [-0.39, 0.29) is 16.4 Å². The van der Waals surface area contributed by atoms with Crippen LogP contribution >= 0.6 is 11.6 Å². The molecule has 32 heavy (non-hydrogen) atoms. The second kappa shape index (κ2) is 7.70. The van der Waals surface area contributed by atoms with Crippen LogP contribution in [-0.2, 0) is 6.42 Å². The molecular formula is C22H20ClFN6O2. The highest BCUT2D eigenvalue weighted by molar-refractivity contribution is 6.33. The lowest BCUT2D eigenvalue weighted by Crippen LogP contribution is -2.29. The zero-order chi connectivity index (χ0) is 22.6. The topological polar surface area (TPSA) is 136 Å². The third-order valence-electron chi connectivity index (χ3n) is 5.97. The number of nitrogens with two attached hydrogens (primary N) is 2. The number of halogens is 2. The second-order valence-electron chi connectivity index (χ2n) is 7.85. The van der Waals surface area contributed by atoms with Gasteiger partial charge in [0.1, 0.15) is 41.3 Å². The van der Waals surface area contributed by atoms with Gasteiger partial charge >= 0.3 is 0 Å². The first-order valence-electron chi connectivity index (χ1n) is 10.0. The molecule has 10 heteroatoms. The Labute approximate surface area is 187 Å². The Balaban J connectivity index is 1.42. The Hall–Kier alpha value is -3.27. The molecule has 8 nitrogen and oxygen atoms in total. The molecule has 6 N–H and O–H groups in total. The molecule has 3 atom stereocenters. The summed E-state index contributed by atoms with van der Waals surface area (Å²) in [6.07, 6.45) is 3.43. The normalized spacial score (nSPS) is 20.9. The van der Waals surface area contributed by atoms with E-state index in [2.05, 4.69) is 15.0 Å². The van der Waals surface area contributed by atoms with Crippen molar-refractivity contribution in [2.45, 2.75) is 31.1 Å². The van der Waals surface area contributed by atoms with Crippen LogP contribution in [0.1, 0.15) is 18.0 Å². The predicted octanol–water partition coefficient (Wildman–Crippen LogP) is 2.77. The van der Waals surface area contributed by atoms with Gasteiger partial charge in [-0.3, -0.25) is 0 Å². The van der Waals surface area contributed by atoms with Crippen molar-refractivity contribution in [3.05, 3.63) is 64.8 Å². The van der Waals surface area contributed by atoms with E-state index in [1.807, 2.05) is 0 Å². The number of pyridine rings is 1. The number of nitrogens with zero attached hydrogens (tertiary/aromatic N) is 4. The molecule has 0 fully saturated rings. The fraction of sp³-hybridized carbons (Fsp3) is 0.227. The van der Waals surface area contributed by atoms with Gasteiger partial charge in [0.2, 0.25) is 0 Å². The Morgan fingerprint density at radius 2 is 1.91 bits per heavy atom. The predicted molar refractivity (Wildman–Crippen MR) is 121 cm³/mol. The van der Waals surface area contributed by atoms with Crippen molar-refractivity contribution in [2.75, 3.05) is 11.5 Å². The van der Waals surface area contributed by atoms with Gasteiger partial charge in [0, 0.05) is 11.6 Å². The molecular weight excluding hydrogens is 435 g/mol. The first-order chi connectivity index (χ1) is 15.3. The van der Waals surface area contributed by atoms with Gasteiger partial charge in [-0.2, -0.15) is 0 Å². The summed E-state index contributed by atoms with van der Waals surface area (Å²) in [7, 11) is 0. The highest BCUT2D eigenvalue weighted by atomic mass is 35.5. The molecule has 3 aromatic heterocycles. The zero-order valence-corrected chi connectivity index (χ0v) is 17.5. The third-order valence-corrected chi connectivity index (χ3v) is 6.27. The summed E-state index contributed by atoms with van der Waals surface area (Å²) in [4.78, 5) is 12.3. The maximum Gasteiger partial charge on any atom is 0.152 e. The van der Waals surface area contributed by atoms with Crippen molar-refractivity contribution < 1.29 is 14.6 Å². The van der Waals surface area contributed by atoms with Crippen molar-refractivity contribution in [3.63, 3.8) is 0 Å².